The topological polar surface area (TPSA) is 43.0 Å². The van der Waals surface area contributed by atoms with Gasteiger partial charge in [0.05, 0.1) is 6.54 Å². The molecule has 0 saturated heterocycles. The Morgan fingerprint density at radius 1 is 1.29 bits per heavy atom. The van der Waals surface area contributed by atoms with E-state index in [1.165, 1.54) is 10.9 Å². The van der Waals surface area contributed by atoms with Gasteiger partial charge in [-0.15, -0.1) is 0 Å². The van der Waals surface area contributed by atoms with E-state index in [1.54, 1.807) is 0 Å². The van der Waals surface area contributed by atoms with E-state index in [-0.39, 0.29) is 0 Å². The van der Waals surface area contributed by atoms with Crippen LogP contribution in [0.2, 0.25) is 0 Å². The van der Waals surface area contributed by atoms with Gasteiger partial charge in [-0.05, 0) is 19.1 Å². The molecule has 0 aliphatic carbocycles. The molecule has 1 aromatic carbocycles. The third-order valence-electron chi connectivity index (χ3n) is 3.75. The number of rotatable bonds is 6. The zero-order chi connectivity index (χ0) is 14.7. The number of benzene rings is 1. The SMILES string of the molecule is CCc1oc2ccccc2c1CNC(C)Cn1cccn1. The predicted octanol–water partition coefficient (Wildman–Crippen LogP) is 3.37. The minimum absolute atomic E-state index is 0.350. The Hall–Kier alpha value is -2.07. The molecule has 4 nitrogen and oxygen atoms in total. The summed E-state index contributed by atoms with van der Waals surface area (Å²) in [7, 11) is 0. The van der Waals surface area contributed by atoms with Gasteiger partial charge in [-0.3, -0.25) is 4.68 Å². The maximum atomic E-state index is 5.93. The number of nitrogens with zero attached hydrogens (tertiary/aromatic N) is 2. The molecule has 0 spiro atoms. The largest absolute Gasteiger partial charge is 0.461 e. The van der Waals surface area contributed by atoms with Crippen molar-refractivity contribution in [3.63, 3.8) is 0 Å². The lowest BCUT2D eigenvalue weighted by Crippen LogP contribution is -2.30. The average molecular weight is 283 g/mol. The van der Waals surface area contributed by atoms with Crippen molar-refractivity contribution >= 4 is 11.0 Å². The summed E-state index contributed by atoms with van der Waals surface area (Å²) < 4.78 is 7.88. The van der Waals surface area contributed by atoms with Gasteiger partial charge in [0.2, 0.25) is 0 Å². The Bertz CT molecular complexity index is 700. The molecule has 2 heterocycles. The van der Waals surface area contributed by atoms with E-state index in [1.807, 2.05) is 35.3 Å². The molecular weight excluding hydrogens is 262 g/mol. The van der Waals surface area contributed by atoms with Gasteiger partial charge in [0, 0.05) is 42.4 Å². The Kier molecular flexibility index (Phi) is 4.06. The van der Waals surface area contributed by atoms with Gasteiger partial charge in [0.1, 0.15) is 11.3 Å². The van der Waals surface area contributed by atoms with E-state index in [0.717, 1.165) is 30.9 Å². The summed E-state index contributed by atoms with van der Waals surface area (Å²) in [4.78, 5) is 0. The monoisotopic (exact) mass is 283 g/mol. The van der Waals surface area contributed by atoms with Crippen LogP contribution < -0.4 is 5.32 Å². The molecule has 110 valence electrons. The van der Waals surface area contributed by atoms with Gasteiger partial charge >= 0.3 is 0 Å². The Balaban J connectivity index is 1.72. The highest BCUT2D eigenvalue weighted by Gasteiger charge is 2.13. The van der Waals surface area contributed by atoms with Gasteiger partial charge < -0.3 is 9.73 Å². The summed E-state index contributed by atoms with van der Waals surface area (Å²) in [5.41, 5.74) is 2.26. The molecular formula is C17H21N3O. The van der Waals surface area contributed by atoms with Crippen molar-refractivity contribution in [1.29, 1.82) is 0 Å². The molecule has 3 aromatic rings. The number of fused-ring (bicyclic) bond motifs is 1. The predicted molar refractivity (Wildman–Crippen MR) is 84.1 cm³/mol. The fraction of sp³-hybridized carbons (Fsp3) is 0.353. The first-order valence-electron chi connectivity index (χ1n) is 7.48. The van der Waals surface area contributed by atoms with Crippen LogP contribution in [0.1, 0.15) is 25.2 Å². The lowest BCUT2D eigenvalue weighted by atomic mass is 10.1. The van der Waals surface area contributed by atoms with Crippen molar-refractivity contribution in [2.75, 3.05) is 0 Å². The maximum absolute atomic E-state index is 5.93. The van der Waals surface area contributed by atoms with Gasteiger partial charge in [0.15, 0.2) is 0 Å². The van der Waals surface area contributed by atoms with Crippen LogP contribution in [0, 0.1) is 0 Å². The van der Waals surface area contributed by atoms with Crippen LogP contribution in [-0.2, 0) is 19.5 Å². The average Bonchev–Trinajstić information content (AvgIpc) is 3.12. The third-order valence-corrected chi connectivity index (χ3v) is 3.75. The fourth-order valence-electron chi connectivity index (χ4n) is 2.66. The third kappa shape index (κ3) is 3.00. The van der Waals surface area contributed by atoms with Crippen molar-refractivity contribution in [2.45, 2.75) is 39.4 Å². The second-order valence-electron chi connectivity index (χ2n) is 5.36. The summed E-state index contributed by atoms with van der Waals surface area (Å²) in [5, 5.41) is 9.03. The summed E-state index contributed by atoms with van der Waals surface area (Å²) in [5.74, 6) is 1.08. The first-order chi connectivity index (χ1) is 10.3. The highest BCUT2D eigenvalue weighted by Crippen LogP contribution is 2.26. The molecule has 4 heteroatoms. The van der Waals surface area contributed by atoms with E-state index in [0.29, 0.717) is 6.04 Å². The van der Waals surface area contributed by atoms with Crippen LogP contribution in [-0.4, -0.2) is 15.8 Å². The first kappa shape index (κ1) is 13.9. The summed E-state index contributed by atoms with van der Waals surface area (Å²) in [6.07, 6.45) is 4.72. The number of hydrogen-bond acceptors (Lipinski definition) is 3. The normalized spacial score (nSPS) is 12.9. The number of aryl methyl sites for hydroxylation is 1. The molecule has 0 amide bonds. The lowest BCUT2D eigenvalue weighted by molar-refractivity contribution is 0.447. The van der Waals surface area contributed by atoms with Gasteiger partial charge in [-0.25, -0.2) is 0 Å². The molecule has 1 unspecified atom stereocenters. The van der Waals surface area contributed by atoms with Gasteiger partial charge in [-0.2, -0.15) is 5.10 Å². The molecule has 0 aliphatic heterocycles. The van der Waals surface area contributed by atoms with Crippen LogP contribution in [0.4, 0.5) is 0 Å². The number of nitrogens with one attached hydrogen (secondary N) is 1. The van der Waals surface area contributed by atoms with Crippen molar-refractivity contribution < 1.29 is 4.42 Å². The standard InChI is InChI=1S/C17H21N3O/c1-3-16-15(14-7-4-5-8-17(14)21-16)11-18-13(2)12-20-10-6-9-19-20/h4-10,13,18H,3,11-12H2,1-2H3. The lowest BCUT2D eigenvalue weighted by Gasteiger charge is -2.14. The molecule has 0 radical (unpaired) electrons. The molecule has 21 heavy (non-hydrogen) atoms. The Morgan fingerprint density at radius 3 is 2.90 bits per heavy atom. The second kappa shape index (κ2) is 6.14. The Labute approximate surface area is 124 Å². The highest BCUT2D eigenvalue weighted by atomic mass is 16.3. The molecule has 0 fully saturated rings. The van der Waals surface area contributed by atoms with Crippen LogP contribution in [0.15, 0.2) is 47.1 Å². The van der Waals surface area contributed by atoms with Crippen molar-refractivity contribution in [3.8, 4) is 0 Å². The van der Waals surface area contributed by atoms with Crippen molar-refractivity contribution in [2.24, 2.45) is 0 Å². The van der Waals surface area contributed by atoms with Gasteiger partial charge in [0.25, 0.3) is 0 Å². The van der Waals surface area contributed by atoms with Gasteiger partial charge in [-0.1, -0.05) is 25.1 Å². The van der Waals surface area contributed by atoms with Crippen molar-refractivity contribution in [3.05, 3.63) is 54.0 Å². The minimum Gasteiger partial charge on any atom is -0.461 e. The number of aromatic nitrogens is 2. The maximum Gasteiger partial charge on any atom is 0.134 e. The van der Waals surface area contributed by atoms with E-state index in [9.17, 15) is 0 Å². The molecule has 1 N–H and O–H groups in total. The summed E-state index contributed by atoms with van der Waals surface area (Å²) in [6, 6.07) is 10.5. The highest BCUT2D eigenvalue weighted by molar-refractivity contribution is 5.82. The summed E-state index contributed by atoms with van der Waals surface area (Å²) in [6.45, 7) is 6.00. The fourth-order valence-corrected chi connectivity index (χ4v) is 2.66. The van der Waals surface area contributed by atoms with E-state index >= 15 is 0 Å². The zero-order valence-corrected chi connectivity index (χ0v) is 12.5. The van der Waals surface area contributed by atoms with E-state index < -0.39 is 0 Å². The molecule has 0 aliphatic rings. The first-order valence-corrected chi connectivity index (χ1v) is 7.48. The quantitative estimate of drug-likeness (QED) is 0.754. The molecule has 0 saturated carbocycles. The second-order valence-corrected chi connectivity index (χ2v) is 5.36. The molecule has 2 aromatic heterocycles. The van der Waals surface area contributed by atoms with E-state index in [2.05, 4.69) is 36.4 Å². The number of para-hydroxylation sites is 1. The molecule has 1 atom stereocenters. The number of hydrogen-bond donors (Lipinski definition) is 1. The van der Waals surface area contributed by atoms with Crippen LogP contribution >= 0.6 is 0 Å². The smallest absolute Gasteiger partial charge is 0.134 e. The van der Waals surface area contributed by atoms with Crippen molar-refractivity contribution in [1.82, 2.24) is 15.1 Å². The molecule has 3 rings (SSSR count). The molecule has 0 bridgehead atoms. The van der Waals surface area contributed by atoms with Crippen LogP contribution in [0.3, 0.4) is 0 Å². The summed E-state index contributed by atoms with van der Waals surface area (Å²) >= 11 is 0. The Morgan fingerprint density at radius 2 is 2.14 bits per heavy atom. The van der Waals surface area contributed by atoms with E-state index in [4.69, 9.17) is 4.42 Å². The van der Waals surface area contributed by atoms with Crippen LogP contribution in [0.5, 0.6) is 0 Å². The number of furan rings is 1. The van der Waals surface area contributed by atoms with Crippen LogP contribution in [0.25, 0.3) is 11.0 Å². The zero-order valence-electron chi connectivity index (χ0n) is 12.5. The minimum atomic E-state index is 0.350.